The van der Waals surface area contributed by atoms with Crippen molar-refractivity contribution >= 4 is 22.5 Å². The van der Waals surface area contributed by atoms with Gasteiger partial charge in [0.1, 0.15) is 0 Å². The molecule has 1 amide bonds. The number of hydrogen-bond acceptors (Lipinski definition) is 3. The van der Waals surface area contributed by atoms with E-state index in [0.717, 1.165) is 29.7 Å². The Morgan fingerprint density at radius 2 is 2.11 bits per heavy atom. The highest BCUT2D eigenvalue weighted by molar-refractivity contribution is 5.86. The van der Waals surface area contributed by atoms with Crippen molar-refractivity contribution in [2.75, 3.05) is 31.6 Å². The maximum absolute atomic E-state index is 11.7. The Morgan fingerprint density at radius 3 is 2.94 bits per heavy atom. The zero-order chi connectivity index (χ0) is 12.5. The van der Waals surface area contributed by atoms with Crippen LogP contribution in [0.15, 0.2) is 36.5 Å². The summed E-state index contributed by atoms with van der Waals surface area (Å²) >= 11 is 0. The van der Waals surface area contributed by atoms with Crippen LogP contribution >= 0.6 is 0 Å². The highest BCUT2D eigenvalue weighted by Gasteiger charge is 2.21. The monoisotopic (exact) mass is 241 g/mol. The van der Waals surface area contributed by atoms with Crippen LogP contribution in [0, 0.1) is 0 Å². The van der Waals surface area contributed by atoms with Crippen molar-refractivity contribution < 1.29 is 4.79 Å². The molecular formula is C14H15N3O. The molecule has 0 bridgehead atoms. The summed E-state index contributed by atoms with van der Waals surface area (Å²) in [6, 6.07) is 10.1. The van der Waals surface area contributed by atoms with Crippen LogP contribution in [-0.4, -0.2) is 42.5 Å². The maximum Gasteiger partial charge on any atom is 0.241 e. The van der Waals surface area contributed by atoms with E-state index in [4.69, 9.17) is 0 Å². The van der Waals surface area contributed by atoms with E-state index in [1.54, 1.807) is 11.1 Å². The van der Waals surface area contributed by atoms with Crippen LogP contribution in [-0.2, 0) is 4.79 Å². The van der Waals surface area contributed by atoms with Gasteiger partial charge in [0.25, 0.3) is 0 Å². The van der Waals surface area contributed by atoms with Gasteiger partial charge in [-0.05, 0) is 24.3 Å². The molecular weight excluding hydrogens is 226 g/mol. The zero-order valence-corrected chi connectivity index (χ0v) is 10.3. The molecule has 1 saturated heterocycles. The lowest BCUT2D eigenvalue weighted by molar-refractivity contribution is -0.129. The molecule has 4 heteroatoms. The lowest BCUT2D eigenvalue weighted by Gasteiger charge is -2.33. The number of amides is 1. The van der Waals surface area contributed by atoms with E-state index in [0.29, 0.717) is 6.54 Å². The predicted molar refractivity (Wildman–Crippen MR) is 71.6 cm³/mol. The number of rotatable bonds is 1. The summed E-state index contributed by atoms with van der Waals surface area (Å²) in [5.74, 6) is 0.174. The third-order valence-electron chi connectivity index (χ3n) is 3.41. The summed E-state index contributed by atoms with van der Waals surface area (Å²) in [5, 5.41) is 1.11. The summed E-state index contributed by atoms with van der Waals surface area (Å²) in [4.78, 5) is 19.9. The van der Waals surface area contributed by atoms with Gasteiger partial charge < -0.3 is 9.80 Å². The first-order chi connectivity index (χ1) is 8.74. The number of hydrogen-bond donors (Lipinski definition) is 0. The molecule has 0 spiro atoms. The Bertz CT molecular complexity index is 596. The Labute approximate surface area is 106 Å². The van der Waals surface area contributed by atoms with Gasteiger partial charge in [0.2, 0.25) is 5.91 Å². The molecule has 18 heavy (non-hydrogen) atoms. The highest BCUT2D eigenvalue weighted by Crippen LogP contribution is 2.21. The van der Waals surface area contributed by atoms with Crippen molar-refractivity contribution in [3.05, 3.63) is 36.5 Å². The lowest BCUT2D eigenvalue weighted by Crippen LogP contribution is -2.48. The molecule has 1 aliphatic rings. The quantitative estimate of drug-likeness (QED) is 0.759. The van der Waals surface area contributed by atoms with Crippen molar-refractivity contribution in [3.8, 4) is 0 Å². The zero-order valence-electron chi connectivity index (χ0n) is 10.3. The van der Waals surface area contributed by atoms with Crippen LogP contribution < -0.4 is 4.90 Å². The number of anilines is 1. The molecule has 0 radical (unpaired) electrons. The second-order valence-electron chi connectivity index (χ2n) is 4.62. The summed E-state index contributed by atoms with van der Waals surface area (Å²) in [6.07, 6.45) is 1.79. The van der Waals surface area contributed by atoms with Crippen molar-refractivity contribution in [2.45, 2.75) is 0 Å². The van der Waals surface area contributed by atoms with Crippen LogP contribution in [0.2, 0.25) is 0 Å². The Hall–Kier alpha value is -2.10. The molecule has 0 aliphatic carbocycles. The van der Waals surface area contributed by atoms with Gasteiger partial charge in [-0.3, -0.25) is 9.78 Å². The molecule has 1 aliphatic heterocycles. The molecule has 92 valence electrons. The van der Waals surface area contributed by atoms with Crippen molar-refractivity contribution in [1.29, 1.82) is 0 Å². The molecule has 2 heterocycles. The number of fused-ring (bicyclic) bond motifs is 1. The van der Waals surface area contributed by atoms with E-state index >= 15 is 0 Å². The van der Waals surface area contributed by atoms with Crippen LogP contribution in [0.5, 0.6) is 0 Å². The topological polar surface area (TPSA) is 36.4 Å². The predicted octanol–water partition coefficient (Wildman–Crippen LogP) is 1.51. The van der Waals surface area contributed by atoms with Gasteiger partial charge in [0.15, 0.2) is 0 Å². The number of nitrogens with zero attached hydrogens (tertiary/aromatic N) is 3. The fraction of sp³-hybridized carbons (Fsp3) is 0.286. The van der Waals surface area contributed by atoms with Gasteiger partial charge in [-0.25, -0.2) is 0 Å². The SMILES string of the molecule is CN1CCN(c2ccc3ncccc3c2)CC1=O. The first-order valence-electron chi connectivity index (χ1n) is 6.08. The first kappa shape index (κ1) is 11.0. The Morgan fingerprint density at radius 1 is 1.22 bits per heavy atom. The number of aromatic nitrogens is 1. The van der Waals surface area contributed by atoms with Crippen molar-refractivity contribution in [3.63, 3.8) is 0 Å². The van der Waals surface area contributed by atoms with Gasteiger partial charge in [-0.2, -0.15) is 0 Å². The minimum atomic E-state index is 0.174. The standard InChI is InChI=1S/C14H15N3O/c1-16-7-8-17(10-14(16)18)12-4-5-13-11(9-12)3-2-6-15-13/h2-6,9H,7-8,10H2,1H3. The van der Waals surface area contributed by atoms with Gasteiger partial charge in [0, 0.05) is 37.4 Å². The molecule has 0 atom stereocenters. The van der Waals surface area contributed by atoms with E-state index in [1.807, 2.05) is 31.3 Å². The van der Waals surface area contributed by atoms with Crippen molar-refractivity contribution in [2.24, 2.45) is 0 Å². The fourth-order valence-electron chi connectivity index (χ4n) is 2.24. The summed E-state index contributed by atoms with van der Waals surface area (Å²) in [7, 11) is 1.85. The number of likely N-dealkylation sites (N-methyl/N-ethyl adjacent to an activating group) is 1. The minimum Gasteiger partial charge on any atom is -0.360 e. The molecule has 0 N–H and O–H groups in total. The average molecular weight is 241 g/mol. The highest BCUT2D eigenvalue weighted by atomic mass is 16.2. The molecule has 0 saturated carbocycles. The molecule has 3 rings (SSSR count). The molecule has 2 aromatic rings. The average Bonchev–Trinajstić information content (AvgIpc) is 2.41. The summed E-state index contributed by atoms with van der Waals surface area (Å²) in [6.45, 7) is 2.13. The van der Waals surface area contributed by atoms with Crippen LogP contribution in [0.25, 0.3) is 10.9 Å². The van der Waals surface area contributed by atoms with Crippen molar-refractivity contribution in [1.82, 2.24) is 9.88 Å². The van der Waals surface area contributed by atoms with Gasteiger partial charge in [-0.1, -0.05) is 6.07 Å². The largest absolute Gasteiger partial charge is 0.360 e. The first-order valence-corrected chi connectivity index (χ1v) is 6.08. The van der Waals surface area contributed by atoms with E-state index in [2.05, 4.69) is 16.0 Å². The molecule has 4 nitrogen and oxygen atoms in total. The summed E-state index contributed by atoms with van der Waals surface area (Å²) in [5.41, 5.74) is 2.08. The van der Waals surface area contributed by atoms with Crippen LogP contribution in [0.3, 0.4) is 0 Å². The number of benzene rings is 1. The Kier molecular flexibility index (Phi) is 2.63. The third kappa shape index (κ3) is 1.90. The molecule has 0 unspecified atom stereocenters. The van der Waals surface area contributed by atoms with Gasteiger partial charge >= 0.3 is 0 Å². The van der Waals surface area contributed by atoms with Gasteiger partial charge in [0.05, 0.1) is 12.1 Å². The van der Waals surface area contributed by atoms with Gasteiger partial charge in [-0.15, -0.1) is 0 Å². The summed E-state index contributed by atoms with van der Waals surface area (Å²) < 4.78 is 0. The number of carbonyl (C=O) groups is 1. The normalized spacial score (nSPS) is 16.4. The lowest BCUT2D eigenvalue weighted by atomic mass is 10.1. The smallest absolute Gasteiger partial charge is 0.241 e. The molecule has 1 fully saturated rings. The number of pyridine rings is 1. The molecule has 1 aromatic heterocycles. The van der Waals surface area contributed by atoms with E-state index in [-0.39, 0.29) is 5.91 Å². The number of piperazine rings is 1. The maximum atomic E-state index is 11.7. The second kappa shape index (κ2) is 4.29. The fourth-order valence-corrected chi connectivity index (χ4v) is 2.24. The van der Waals surface area contributed by atoms with Crippen LogP contribution in [0.1, 0.15) is 0 Å². The Balaban J connectivity index is 1.92. The minimum absolute atomic E-state index is 0.174. The van der Waals surface area contributed by atoms with E-state index in [1.165, 1.54) is 0 Å². The van der Waals surface area contributed by atoms with E-state index < -0.39 is 0 Å². The van der Waals surface area contributed by atoms with E-state index in [9.17, 15) is 4.79 Å². The second-order valence-corrected chi connectivity index (χ2v) is 4.62. The number of carbonyl (C=O) groups excluding carboxylic acids is 1. The third-order valence-corrected chi connectivity index (χ3v) is 3.41. The van der Waals surface area contributed by atoms with Crippen LogP contribution in [0.4, 0.5) is 5.69 Å². The molecule has 1 aromatic carbocycles.